The predicted octanol–water partition coefficient (Wildman–Crippen LogP) is 2.58. The van der Waals surface area contributed by atoms with Gasteiger partial charge in [-0.1, -0.05) is 30.3 Å². The summed E-state index contributed by atoms with van der Waals surface area (Å²) in [6.07, 6.45) is 1.45. The van der Waals surface area contributed by atoms with Gasteiger partial charge in [-0.15, -0.1) is 0 Å². The second-order valence-electron chi connectivity index (χ2n) is 6.39. The highest BCUT2D eigenvalue weighted by atomic mass is 16.7. The van der Waals surface area contributed by atoms with E-state index in [1.165, 1.54) is 0 Å². The van der Waals surface area contributed by atoms with Crippen LogP contribution in [0.4, 0.5) is 0 Å². The number of carbonyl (C=O) groups excluding carboxylic acids is 1. The third-order valence-corrected chi connectivity index (χ3v) is 4.66. The van der Waals surface area contributed by atoms with Crippen LogP contribution in [0.1, 0.15) is 38.4 Å². The van der Waals surface area contributed by atoms with Gasteiger partial charge >= 0.3 is 5.97 Å². The van der Waals surface area contributed by atoms with E-state index >= 15 is 0 Å². The lowest BCUT2D eigenvalue weighted by Gasteiger charge is -2.55. The molecule has 4 heteroatoms. The standard InChI is InChI=1S/C16H18O4/c1-15(2)19-14(17)11-8-13-16(11,20-15)9-12(18-13)10-6-4-3-5-7-10/h3-7,11-13H,8-9H2,1-2H3/t11-,12+,13+,16+/m1/s1. The van der Waals surface area contributed by atoms with E-state index in [-0.39, 0.29) is 24.1 Å². The highest BCUT2D eigenvalue weighted by Crippen LogP contribution is 2.59. The molecule has 2 saturated heterocycles. The van der Waals surface area contributed by atoms with Crippen molar-refractivity contribution in [2.45, 2.75) is 50.3 Å². The van der Waals surface area contributed by atoms with Crippen molar-refractivity contribution in [2.75, 3.05) is 0 Å². The number of benzene rings is 1. The second kappa shape index (κ2) is 3.83. The number of hydrogen-bond acceptors (Lipinski definition) is 4. The van der Waals surface area contributed by atoms with E-state index in [2.05, 4.69) is 12.1 Å². The summed E-state index contributed by atoms with van der Waals surface area (Å²) in [5, 5.41) is 0. The minimum atomic E-state index is -0.860. The van der Waals surface area contributed by atoms with E-state index in [1.54, 1.807) is 13.8 Å². The maximum Gasteiger partial charge on any atom is 0.314 e. The van der Waals surface area contributed by atoms with Crippen LogP contribution < -0.4 is 0 Å². The zero-order chi connectivity index (χ0) is 14.0. The second-order valence-corrected chi connectivity index (χ2v) is 6.39. The molecule has 1 saturated carbocycles. The Bertz CT molecular complexity index is 553. The fourth-order valence-corrected chi connectivity index (χ4v) is 3.79. The summed E-state index contributed by atoms with van der Waals surface area (Å²) in [5.74, 6) is -1.18. The van der Waals surface area contributed by atoms with Gasteiger partial charge in [-0.05, 0) is 12.0 Å². The summed E-state index contributed by atoms with van der Waals surface area (Å²) in [4.78, 5) is 12.1. The first kappa shape index (κ1) is 12.4. The van der Waals surface area contributed by atoms with Gasteiger partial charge in [-0.25, -0.2) is 0 Å². The van der Waals surface area contributed by atoms with E-state index < -0.39 is 11.4 Å². The molecule has 0 bridgehead atoms. The number of rotatable bonds is 1. The monoisotopic (exact) mass is 274 g/mol. The molecule has 4 nitrogen and oxygen atoms in total. The third-order valence-electron chi connectivity index (χ3n) is 4.66. The highest BCUT2D eigenvalue weighted by Gasteiger charge is 2.70. The average Bonchev–Trinajstić information content (AvgIpc) is 2.63. The molecule has 2 heterocycles. The van der Waals surface area contributed by atoms with E-state index in [0.29, 0.717) is 6.42 Å². The average molecular weight is 274 g/mol. The van der Waals surface area contributed by atoms with Gasteiger partial charge in [-0.3, -0.25) is 4.79 Å². The van der Waals surface area contributed by atoms with Gasteiger partial charge in [-0.2, -0.15) is 0 Å². The van der Waals surface area contributed by atoms with Crippen LogP contribution in [-0.4, -0.2) is 23.5 Å². The molecule has 106 valence electrons. The Morgan fingerprint density at radius 2 is 1.95 bits per heavy atom. The van der Waals surface area contributed by atoms with E-state index in [4.69, 9.17) is 14.2 Å². The molecule has 1 aliphatic carbocycles. The largest absolute Gasteiger partial charge is 0.433 e. The fraction of sp³-hybridized carbons (Fsp3) is 0.562. The molecule has 0 aromatic heterocycles. The first-order chi connectivity index (χ1) is 9.50. The van der Waals surface area contributed by atoms with Crippen molar-refractivity contribution < 1.29 is 19.0 Å². The molecule has 20 heavy (non-hydrogen) atoms. The number of cyclic esters (lactones) is 1. The zero-order valence-corrected chi connectivity index (χ0v) is 11.7. The van der Waals surface area contributed by atoms with Gasteiger partial charge in [0.1, 0.15) is 5.60 Å². The Morgan fingerprint density at radius 3 is 2.70 bits per heavy atom. The van der Waals surface area contributed by atoms with Crippen molar-refractivity contribution in [3.05, 3.63) is 35.9 Å². The Hall–Kier alpha value is -1.39. The van der Waals surface area contributed by atoms with Crippen molar-refractivity contribution in [3.63, 3.8) is 0 Å². The predicted molar refractivity (Wildman–Crippen MR) is 70.8 cm³/mol. The zero-order valence-electron chi connectivity index (χ0n) is 11.7. The van der Waals surface area contributed by atoms with Crippen molar-refractivity contribution in [1.82, 2.24) is 0 Å². The maximum absolute atomic E-state index is 12.1. The Labute approximate surface area is 118 Å². The molecule has 0 radical (unpaired) electrons. The van der Waals surface area contributed by atoms with Crippen LogP contribution in [0.25, 0.3) is 0 Å². The Kier molecular flexibility index (Phi) is 2.37. The first-order valence-electron chi connectivity index (χ1n) is 7.14. The molecular weight excluding hydrogens is 256 g/mol. The van der Waals surface area contributed by atoms with Crippen LogP contribution in [0.3, 0.4) is 0 Å². The Balaban J connectivity index is 1.64. The number of ether oxygens (including phenoxy) is 3. The molecule has 3 aliphatic rings. The van der Waals surface area contributed by atoms with E-state index in [1.807, 2.05) is 18.2 Å². The van der Waals surface area contributed by atoms with E-state index in [9.17, 15) is 4.79 Å². The summed E-state index contributed by atoms with van der Waals surface area (Å²) in [6, 6.07) is 10.1. The van der Waals surface area contributed by atoms with Crippen LogP contribution in [0.15, 0.2) is 30.3 Å². The topological polar surface area (TPSA) is 44.8 Å². The molecule has 0 unspecified atom stereocenters. The number of hydrogen-bond donors (Lipinski definition) is 0. The molecule has 4 atom stereocenters. The van der Waals surface area contributed by atoms with Gasteiger partial charge < -0.3 is 14.2 Å². The van der Waals surface area contributed by atoms with Crippen LogP contribution in [0.5, 0.6) is 0 Å². The number of esters is 1. The molecular formula is C16H18O4. The molecule has 0 amide bonds. The Morgan fingerprint density at radius 1 is 1.20 bits per heavy atom. The van der Waals surface area contributed by atoms with Gasteiger partial charge in [0, 0.05) is 20.3 Å². The lowest BCUT2D eigenvalue weighted by molar-refractivity contribution is -0.342. The third kappa shape index (κ3) is 1.58. The first-order valence-corrected chi connectivity index (χ1v) is 7.14. The van der Waals surface area contributed by atoms with Crippen LogP contribution in [0.2, 0.25) is 0 Å². The SMILES string of the molecule is CC1(C)OC(=O)[C@H]2C[C@@H]3O[C@H](c4ccccc4)C[C@@]32O1. The minimum absolute atomic E-state index is 0.00447. The smallest absolute Gasteiger partial charge is 0.314 e. The lowest BCUT2D eigenvalue weighted by Crippen LogP contribution is -2.68. The molecule has 0 N–H and O–H groups in total. The normalized spacial score (nSPS) is 41.3. The van der Waals surface area contributed by atoms with Crippen molar-refractivity contribution in [3.8, 4) is 0 Å². The van der Waals surface area contributed by atoms with Crippen molar-refractivity contribution in [1.29, 1.82) is 0 Å². The van der Waals surface area contributed by atoms with Crippen LogP contribution in [0, 0.1) is 5.92 Å². The lowest BCUT2D eigenvalue weighted by atomic mass is 9.64. The quantitative estimate of drug-likeness (QED) is 0.738. The molecule has 1 aromatic carbocycles. The summed E-state index contributed by atoms with van der Waals surface area (Å²) in [7, 11) is 0. The minimum Gasteiger partial charge on any atom is -0.433 e. The van der Waals surface area contributed by atoms with Crippen LogP contribution >= 0.6 is 0 Å². The molecule has 3 fully saturated rings. The van der Waals surface area contributed by atoms with Gasteiger partial charge in [0.15, 0.2) is 0 Å². The van der Waals surface area contributed by atoms with Crippen LogP contribution in [-0.2, 0) is 19.0 Å². The van der Waals surface area contributed by atoms with Crippen molar-refractivity contribution in [2.24, 2.45) is 5.92 Å². The van der Waals surface area contributed by atoms with Gasteiger partial charge in [0.25, 0.3) is 0 Å². The summed E-state index contributed by atoms with van der Waals surface area (Å²) in [6.45, 7) is 3.59. The molecule has 2 aliphatic heterocycles. The number of carbonyl (C=O) groups is 1. The molecule has 1 spiro atoms. The summed E-state index contributed by atoms with van der Waals surface area (Å²) < 4.78 is 17.6. The maximum atomic E-state index is 12.1. The van der Waals surface area contributed by atoms with E-state index in [0.717, 1.165) is 12.0 Å². The van der Waals surface area contributed by atoms with Gasteiger partial charge in [0.2, 0.25) is 5.79 Å². The fourth-order valence-electron chi connectivity index (χ4n) is 3.79. The van der Waals surface area contributed by atoms with Crippen molar-refractivity contribution >= 4 is 5.97 Å². The highest BCUT2D eigenvalue weighted by molar-refractivity contribution is 5.77. The summed E-state index contributed by atoms with van der Waals surface area (Å²) in [5.41, 5.74) is 0.662. The summed E-state index contributed by atoms with van der Waals surface area (Å²) >= 11 is 0. The molecule has 4 rings (SSSR count). The molecule has 1 aromatic rings. The van der Waals surface area contributed by atoms with Gasteiger partial charge in [0.05, 0.1) is 18.1 Å².